The van der Waals surface area contributed by atoms with Gasteiger partial charge in [0.05, 0.1) is 19.1 Å². The number of carbonyl (C=O) groups is 1. The Labute approximate surface area is 105 Å². The van der Waals surface area contributed by atoms with Gasteiger partial charge in [0.2, 0.25) is 5.91 Å². The Balaban J connectivity index is 2.08. The zero-order chi connectivity index (χ0) is 12.3. The fourth-order valence-corrected chi connectivity index (χ4v) is 2.04. The van der Waals surface area contributed by atoms with E-state index in [2.05, 4.69) is 10.2 Å². The number of amides is 1. The lowest BCUT2D eigenvalue weighted by Gasteiger charge is -2.29. The van der Waals surface area contributed by atoms with Gasteiger partial charge in [-0.3, -0.25) is 4.79 Å². The van der Waals surface area contributed by atoms with E-state index in [0.29, 0.717) is 32.1 Å². The maximum absolute atomic E-state index is 12.2. The summed E-state index contributed by atoms with van der Waals surface area (Å²) in [5, 5.41) is 7.64. The Morgan fingerprint density at radius 3 is 2.94 bits per heavy atom. The summed E-state index contributed by atoms with van der Waals surface area (Å²) < 4.78 is 6.93. The van der Waals surface area contributed by atoms with Gasteiger partial charge in [0, 0.05) is 13.1 Å². The minimum Gasteiger partial charge on any atom is -0.378 e. The molecule has 0 N–H and O–H groups in total. The molecule has 0 bridgehead atoms. The van der Waals surface area contributed by atoms with Gasteiger partial charge < -0.3 is 14.2 Å². The Hall–Kier alpha value is -1.14. The molecule has 1 atom stereocenters. The molecule has 94 valence electrons. The lowest BCUT2D eigenvalue weighted by atomic mass is 10.2. The zero-order valence-corrected chi connectivity index (χ0v) is 10.4. The van der Waals surface area contributed by atoms with E-state index in [1.807, 2.05) is 6.92 Å². The first kappa shape index (κ1) is 12.3. The van der Waals surface area contributed by atoms with Gasteiger partial charge in [-0.1, -0.05) is 0 Å². The Kier molecular flexibility index (Phi) is 3.96. The van der Waals surface area contributed by atoms with Gasteiger partial charge in [-0.15, -0.1) is 21.8 Å². The van der Waals surface area contributed by atoms with Crippen LogP contribution >= 0.6 is 11.6 Å². The van der Waals surface area contributed by atoms with Crippen molar-refractivity contribution in [1.82, 2.24) is 19.7 Å². The van der Waals surface area contributed by atoms with Crippen molar-refractivity contribution in [2.75, 3.05) is 26.3 Å². The fraction of sp³-hybridized carbons (Fsp3) is 0.700. The molecular weight excluding hydrogens is 244 g/mol. The molecule has 1 aliphatic heterocycles. The maximum Gasteiger partial charge on any atom is 0.245 e. The van der Waals surface area contributed by atoms with E-state index < -0.39 is 0 Å². The minimum absolute atomic E-state index is 0.0551. The lowest BCUT2D eigenvalue weighted by molar-refractivity contribution is -0.138. The predicted molar refractivity (Wildman–Crippen MR) is 61.7 cm³/mol. The number of rotatable bonds is 3. The van der Waals surface area contributed by atoms with E-state index >= 15 is 0 Å². The number of morpholine rings is 1. The van der Waals surface area contributed by atoms with E-state index in [1.165, 1.54) is 0 Å². The summed E-state index contributed by atoms with van der Waals surface area (Å²) in [5.41, 5.74) is 0. The third-order valence-electron chi connectivity index (χ3n) is 2.86. The maximum atomic E-state index is 12.2. The van der Waals surface area contributed by atoms with Crippen LogP contribution in [0.1, 0.15) is 18.8 Å². The molecule has 17 heavy (non-hydrogen) atoms. The highest BCUT2D eigenvalue weighted by Crippen LogP contribution is 2.14. The quantitative estimate of drug-likeness (QED) is 0.738. The lowest BCUT2D eigenvalue weighted by Crippen LogP contribution is -2.43. The van der Waals surface area contributed by atoms with Crippen LogP contribution in [0.3, 0.4) is 0 Å². The average Bonchev–Trinajstić information content (AvgIpc) is 2.86. The normalized spacial score (nSPS) is 18.1. The van der Waals surface area contributed by atoms with Crippen LogP contribution in [0.15, 0.2) is 6.33 Å². The zero-order valence-electron chi connectivity index (χ0n) is 9.67. The summed E-state index contributed by atoms with van der Waals surface area (Å²) >= 11 is 5.74. The molecule has 0 spiro atoms. The fourth-order valence-electron chi connectivity index (χ4n) is 1.85. The number of nitrogens with zero attached hydrogens (tertiary/aromatic N) is 4. The third-order valence-corrected chi connectivity index (χ3v) is 3.10. The molecule has 1 unspecified atom stereocenters. The first-order valence-corrected chi connectivity index (χ1v) is 6.08. The highest BCUT2D eigenvalue weighted by molar-refractivity contribution is 6.16. The van der Waals surface area contributed by atoms with E-state index in [4.69, 9.17) is 16.3 Å². The minimum atomic E-state index is -0.322. The van der Waals surface area contributed by atoms with Crippen LogP contribution in [-0.4, -0.2) is 51.9 Å². The van der Waals surface area contributed by atoms with Crippen LogP contribution in [-0.2, 0) is 15.4 Å². The standard InChI is InChI=1S/C10H15ClN4O2/c1-8(15-7-12-13-9(15)6-11)10(16)14-2-4-17-5-3-14/h7-8H,2-6H2,1H3. The summed E-state index contributed by atoms with van der Waals surface area (Å²) in [4.78, 5) is 14.0. The van der Waals surface area contributed by atoms with Crippen LogP contribution < -0.4 is 0 Å². The van der Waals surface area contributed by atoms with Gasteiger partial charge in [0.1, 0.15) is 18.2 Å². The number of hydrogen-bond donors (Lipinski definition) is 0. The molecule has 1 aromatic heterocycles. The van der Waals surface area contributed by atoms with Crippen molar-refractivity contribution < 1.29 is 9.53 Å². The summed E-state index contributed by atoms with van der Waals surface area (Å²) in [7, 11) is 0. The van der Waals surface area contributed by atoms with Gasteiger partial charge in [-0.2, -0.15) is 0 Å². The number of ether oxygens (including phenoxy) is 1. The van der Waals surface area contributed by atoms with Crippen molar-refractivity contribution in [3.05, 3.63) is 12.2 Å². The molecular formula is C10H15ClN4O2. The summed E-state index contributed by atoms with van der Waals surface area (Å²) in [5.74, 6) is 0.918. The number of halogens is 1. The van der Waals surface area contributed by atoms with Crippen molar-refractivity contribution >= 4 is 17.5 Å². The summed E-state index contributed by atoms with van der Waals surface area (Å²) in [6.07, 6.45) is 1.54. The summed E-state index contributed by atoms with van der Waals surface area (Å²) in [6.45, 7) is 4.31. The molecule has 1 saturated heterocycles. The van der Waals surface area contributed by atoms with Crippen molar-refractivity contribution in [2.45, 2.75) is 18.8 Å². The largest absolute Gasteiger partial charge is 0.378 e. The molecule has 6 nitrogen and oxygen atoms in total. The number of hydrogen-bond acceptors (Lipinski definition) is 4. The van der Waals surface area contributed by atoms with E-state index in [0.717, 1.165) is 0 Å². The second-order valence-electron chi connectivity index (χ2n) is 3.90. The molecule has 0 aliphatic carbocycles. The second kappa shape index (κ2) is 5.46. The summed E-state index contributed by atoms with van der Waals surface area (Å²) in [6, 6.07) is -0.322. The van der Waals surface area contributed by atoms with Gasteiger partial charge in [0.25, 0.3) is 0 Å². The van der Waals surface area contributed by atoms with Crippen LogP contribution in [0.25, 0.3) is 0 Å². The third kappa shape index (κ3) is 2.58. The Bertz CT molecular complexity index is 389. The topological polar surface area (TPSA) is 60.2 Å². The van der Waals surface area contributed by atoms with Gasteiger partial charge in [-0.25, -0.2) is 0 Å². The first-order chi connectivity index (χ1) is 8.24. The molecule has 1 aliphatic rings. The van der Waals surface area contributed by atoms with Gasteiger partial charge in [0.15, 0.2) is 0 Å². The van der Waals surface area contributed by atoms with E-state index in [9.17, 15) is 4.79 Å². The van der Waals surface area contributed by atoms with Crippen LogP contribution in [0.2, 0.25) is 0 Å². The van der Waals surface area contributed by atoms with Gasteiger partial charge >= 0.3 is 0 Å². The smallest absolute Gasteiger partial charge is 0.245 e. The molecule has 1 amide bonds. The van der Waals surface area contributed by atoms with Crippen LogP contribution in [0.5, 0.6) is 0 Å². The second-order valence-corrected chi connectivity index (χ2v) is 4.17. The molecule has 1 aromatic rings. The van der Waals surface area contributed by atoms with Crippen molar-refractivity contribution in [3.63, 3.8) is 0 Å². The van der Waals surface area contributed by atoms with E-state index in [-0.39, 0.29) is 17.8 Å². The van der Waals surface area contributed by atoms with Gasteiger partial charge in [-0.05, 0) is 6.92 Å². The molecule has 2 rings (SSSR count). The Morgan fingerprint density at radius 1 is 1.59 bits per heavy atom. The van der Waals surface area contributed by atoms with Crippen LogP contribution in [0.4, 0.5) is 0 Å². The first-order valence-electron chi connectivity index (χ1n) is 5.55. The van der Waals surface area contributed by atoms with Crippen molar-refractivity contribution in [3.8, 4) is 0 Å². The molecule has 0 aromatic carbocycles. The van der Waals surface area contributed by atoms with E-state index in [1.54, 1.807) is 15.8 Å². The Morgan fingerprint density at radius 2 is 2.29 bits per heavy atom. The number of aromatic nitrogens is 3. The molecule has 7 heteroatoms. The monoisotopic (exact) mass is 258 g/mol. The van der Waals surface area contributed by atoms with Crippen molar-refractivity contribution in [1.29, 1.82) is 0 Å². The molecule has 0 saturated carbocycles. The highest BCUT2D eigenvalue weighted by atomic mass is 35.5. The molecule has 2 heterocycles. The average molecular weight is 259 g/mol. The number of carbonyl (C=O) groups excluding carboxylic acids is 1. The highest BCUT2D eigenvalue weighted by Gasteiger charge is 2.24. The molecule has 0 radical (unpaired) electrons. The van der Waals surface area contributed by atoms with Crippen LogP contribution in [0, 0.1) is 0 Å². The predicted octanol–water partition coefficient (Wildman–Crippen LogP) is 0.437. The molecule has 1 fully saturated rings. The van der Waals surface area contributed by atoms with Crippen molar-refractivity contribution in [2.24, 2.45) is 0 Å². The number of alkyl halides is 1. The SMILES string of the molecule is CC(C(=O)N1CCOCC1)n1cnnc1CCl.